The van der Waals surface area contributed by atoms with Gasteiger partial charge in [-0.3, -0.25) is 4.98 Å². The van der Waals surface area contributed by atoms with Crippen molar-refractivity contribution in [1.82, 2.24) is 15.3 Å². The molecular formula is C22H23N3O2. The van der Waals surface area contributed by atoms with E-state index in [1.807, 2.05) is 36.4 Å². The number of hydrogen-bond acceptors (Lipinski definition) is 4. The highest BCUT2D eigenvalue weighted by atomic mass is 16.5. The molecule has 5 heteroatoms. The molecule has 4 rings (SSSR count). The van der Waals surface area contributed by atoms with E-state index in [-0.39, 0.29) is 6.61 Å². The van der Waals surface area contributed by atoms with Crippen molar-refractivity contribution >= 4 is 21.8 Å². The quantitative estimate of drug-likeness (QED) is 0.421. The standard InChI is InChI=1S/C22H23N3O2/c26-17(14-24-13-10-16-8-11-23-12-9-16)15-27-21-7-3-5-19-18-4-1-2-6-20(18)25-22(19)21/h1-9,11-12,17,24-26H,10,13-15H2. The number of fused-ring (bicyclic) bond motifs is 3. The van der Waals surface area contributed by atoms with Crippen molar-refractivity contribution in [3.8, 4) is 5.75 Å². The van der Waals surface area contributed by atoms with Crippen LogP contribution in [0.3, 0.4) is 0 Å². The molecule has 1 atom stereocenters. The van der Waals surface area contributed by atoms with Crippen LogP contribution in [0.25, 0.3) is 21.8 Å². The predicted molar refractivity (Wildman–Crippen MR) is 108 cm³/mol. The summed E-state index contributed by atoms with van der Waals surface area (Å²) in [7, 11) is 0. The highest BCUT2D eigenvalue weighted by Crippen LogP contribution is 2.31. The number of para-hydroxylation sites is 2. The molecule has 5 nitrogen and oxygen atoms in total. The lowest BCUT2D eigenvalue weighted by atomic mass is 10.1. The van der Waals surface area contributed by atoms with Crippen LogP contribution in [-0.2, 0) is 6.42 Å². The number of pyridine rings is 1. The monoisotopic (exact) mass is 361 g/mol. The molecule has 2 heterocycles. The van der Waals surface area contributed by atoms with Gasteiger partial charge >= 0.3 is 0 Å². The number of nitrogens with one attached hydrogen (secondary N) is 2. The molecule has 0 saturated carbocycles. The number of nitrogens with zero attached hydrogens (tertiary/aromatic N) is 1. The second kappa shape index (κ2) is 8.20. The lowest BCUT2D eigenvalue weighted by Crippen LogP contribution is -2.32. The fourth-order valence-corrected chi connectivity index (χ4v) is 3.26. The Balaban J connectivity index is 1.32. The average molecular weight is 361 g/mol. The zero-order valence-corrected chi connectivity index (χ0v) is 15.1. The zero-order chi connectivity index (χ0) is 18.5. The number of H-pyrrole nitrogens is 1. The van der Waals surface area contributed by atoms with Crippen molar-refractivity contribution in [2.45, 2.75) is 12.5 Å². The van der Waals surface area contributed by atoms with Crippen LogP contribution in [0, 0.1) is 0 Å². The van der Waals surface area contributed by atoms with Crippen molar-refractivity contribution in [2.75, 3.05) is 19.7 Å². The van der Waals surface area contributed by atoms with Crippen molar-refractivity contribution in [3.05, 3.63) is 72.6 Å². The second-order valence-electron chi connectivity index (χ2n) is 6.62. The van der Waals surface area contributed by atoms with Crippen LogP contribution in [0.1, 0.15) is 5.56 Å². The van der Waals surface area contributed by atoms with E-state index in [1.54, 1.807) is 12.4 Å². The van der Waals surface area contributed by atoms with Crippen molar-refractivity contribution in [3.63, 3.8) is 0 Å². The highest BCUT2D eigenvalue weighted by molar-refractivity contribution is 6.09. The van der Waals surface area contributed by atoms with Crippen LogP contribution >= 0.6 is 0 Å². The molecule has 0 amide bonds. The van der Waals surface area contributed by atoms with Crippen molar-refractivity contribution < 1.29 is 9.84 Å². The number of ether oxygens (including phenoxy) is 1. The molecule has 27 heavy (non-hydrogen) atoms. The third-order valence-corrected chi connectivity index (χ3v) is 4.65. The molecule has 3 N–H and O–H groups in total. The van der Waals surface area contributed by atoms with E-state index in [2.05, 4.69) is 33.5 Å². The summed E-state index contributed by atoms with van der Waals surface area (Å²) in [6.45, 7) is 1.54. The van der Waals surface area contributed by atoms with Gasteiger partial charge in [0.1, 0.15) is 18.5 Å². The number of aliphatic hydroxyl groups is 1. The average Bonchev–Trinajstić information content (AvgIpc) is 3.10. The van der Waals surface area contributed by atoms with E-state index in [0.29, 0.717) is 6.54 Å². The van der Waals surface area contributed by atoms with Gasteiger partial charge in [0.25, 0.3) is 0 Å². The van der Waals surface area contributed by atoms with E-state index in [1.165, 1.54) is 10.9 Å². The maximum Gasteiger partial charge on any atom is 0.143 e. The summed E-state index contributed by atoms with van der Waals surface area (Å²) in [5.41, 5.74) is 3.28. The lowest BCUT2D eigenvalue weighted by molar-refractivity contribution is 0.107. The molecule has 1 unspecified atom stereocenters. The summed E-state index contributed by atoms with van der Waals surface area (Å²) < 4.78 is 5.90. The van der Waals surface area contributed by atoms with Crippen LogP contribution in [0.15, 0.2) is 67.0 Å². The molecule has 0 spiro atoms. The first-order valence-corrected chi connectivity index (χ1v) is 9.21. The molecule has 0 bridgehead atoms. The Kier molecular flexibility index (Phi) is 5.32. The molecule has 2 aromatic carbocycles. The van der Waals surface area contributed by atoms with Gasteiger partial charge in [-0.25, -0.2) is 0 Å². The van der Waals surface area contributed by atoms with Gasteiger partial charge in [-0.2, -0.15) is 0 Å². The summed E-state index contributed by atoms with van der Waals surface area (Å²) in [5, 5.41) is 15.8. The Hall–Kier alpha value is -2.89. The van der Waals surface area contributed by atoms with Gasteiger partial charge in [0, 0.05) is 35.2 Å². The van der Waals surface area contributed by atoms with Gasteiger partial charge in [0.2, 0.25) is 0 Å². The fourth-order valence-electron chi connectivity index (χ4n) is 3.26. The summed E-state index contributed by atoms with van der Waals surface area (Å²) in [5.74, 6) is 0.763. The Bertz CT molecular complexity index is 1010. The minimum absolute atomic E-state index is 0.247. The van der Waals surface area contributed by atoms with Gasteiger partial charge in [-0.05, 0) is 42.8 Å². The Morgan fingerprint density at radius 3 is 2.70 bits per heavy atom. The van der Waals surface area contributed by atoms with Gasteiger partial charge < -0.3 is 20.1 Å². The molecule has 2 aromatic heterocycles. The van der Waals surface area contributed by atoms with E-state index < -0.39 is 6.10 Å². The first-order chi connectivity index (χ1) is 13.3. The minimum atomic E-state index is -0.568. The molecule has 0 saturated heterocycles. The summed E-state index contributed by atoms with van der Waals surface area (Å²) >= 11 is 0. The Labute approximate surface area is 158 Å². The molecule has 138 valence electrons. The molecule has 4 aromatic rings. The van der Waals surface area contributed by atoms with E-state index in [9.17, 15) is 5.11 Å². The predicted octanol–water partition coefficient (Wildman–Crippen LogP) is 3.29. The summed E-state index contributed by atoms with van der Waals surface area (Å²) in [6.07, 6.45) is 3.93. The second-order valence-corrected chi connectivity index (χ2v) is 6.62. The first kappa shape index (κ1) is 17.5. The maximum atomic E-state index is 10.2. The SMILES string of the molecule is OC(CNCCc1ccncc1)COc1cccc2c1[nH]c1ccccc12. The normalized spacial score (nSPS) is 12.5. The minimum Gasteiger partial charge on any atom is -0.489 e. The van der Waals surface area contributed by atoms with Gasteiger partial charge in [-0.1, -0.05) is 30.3 Å². The molecule has 0 aliphatic heterocycles. The number of aromatic nitrogens is 2. The fraction of sp³-hybridized carbons (Fsp3) is 0.227. The van der Waals surface area contributed by atoms with E-state index in [4.69, 9.17) is 4.74 Å². The number of hydrogen-bond donors (Lipinski definition) is 3. The molecular weight excluding hydrogens is 338 g/mol. The van der Waals surface area contributed by atoms with Gasteiger partial charge in [0.05, 0.1) is 5.52 Å². The number of aliphatic hydroxyl groups excluding tert-OH is 1. The lowest BCUT2D eigenvalue weighted by Gasteiger charge is -2.14. The van der Waals surface area contributed by atoms with Gasteiger partial charge in [-0.15, -0.1) is 0 Å². The smallest absolute Gasteiger partial charge is 0.143 e. The Morgan fingerprint density at radius 1 is 1.00 bits per heavy atom. The third-order valence-electron chi connectivity index (χ3n) is 4.65. The maximum absolute atomic E-state index is 10.2. The molecule has 0 aliphatic rings. The van der Waals surface area contributed by atoms with Crippen LogP contribution in [0.2, 0.25) is 0 Å². The van der Waals surface area contributed by atoms with Crippen LogP contribution in [0.5, 0.6) is 5.75 Å². The first-order valence-electron chi connectivity index (χ1n) is 9.21. The number of rotatable bonds is 8. The van der Waals surface area contributed by atoms with Crippen molar-refractivity contribution in [1.29, 1.82) is 0 Å². The van der Waals surface area contributed by atoms with Crippen molar-refractivity contribution in [2.24, 2.45) is 0 Å². The molecule has 0 radical (unpaired) electrons. The molecule has 0 fully saturated rings. The summed E-state index contributed by atoms with van der Waals surface area (Å²) in [6, 6.07) is 18.2. The topological polar surface area (TPSA) is 70.2 Å². The number of benzene rings is 2. The number of aromatic amines is 1. The summed E-state index contributed by atoms with van der Waals surface area (Å²) in [4.78, 5) is 7.42. The highest BCUT2D eigenvalue weighted by Gasteiger charge is 2.10. The van der Waals surface area contributed by atoms with Crippen LogP contribution < -0.4 is 10.1 Å². The Morgan fingerprint density at radius 2 is 1.81 bits per heavy atom. The van der Waals surface area contributed by atoms with Crippen LogP contribution in [0.4, 0.5) is 0 Å². The zero-order valence-electron chi connectivity index (χ0n) is 15.1. The third kappa shape index (κ3) is 4.10. The van der Waals surface area contributed by atoms with Crippen LogP contribution in [-0.4, -0.2) is 40.9 Å². The van der Waals surface area contributed by atoms with E-state index >= 15 is 0 Å². The van der Waals surface area contributed by atoms with Gasteiger partial charge in [0.15, 0.2) is 0 Å². The molecule has 0 aliphatic carbocycles. The van der Waals surface area contributed by atoms with E-state index in [0.717, 1.165) is 35.1 Å². The largest absolute Gasteiger partial charge is 0.489 e.